The number of guanidine groups is 1. The van der Waals surface area contributed by atoms with Crippen molar-refractivity contribution in [2.24, 2.45) is 4.99 Å². The highest BCUT2D eigenvalue weighted by Crippen LogP contribution is 2.08. The maximum Gasteiger partial charge on any atom is 0.216 e. The molecule has 1 aromatic heterocycles. The molecule has 126 valence electrons. The van der Waals surface area contributed by atoms with Crippen LogP contribution in [0.3, 0.4) is 0 Å². The Morgan fingerprint density at radius 1 is 1.18 bits per heavy atom. The molecule has 22 heavy (non-hydrogen) atoms. The fraction of sp³-hybridized carbons (Fsp3) is 0.750. The number of hydrogen-bond acceptors (Lipinski definition) is 4. The zero-order valence-electron chi connectivity index (χ0n) is 14.7. The first kappa shape index (κ1) is 18.5. The van der Waals surface area contributed by atoms with Crippen molar-refractivity contribution in [1.29, 1.82) is 0 Å². The van der Waals surface area contributed by atoms with E-state index in [1.807, 2.05) is 13.8 Å². The largest absolute Gasteiger partial charge is 0.444 e. The van der Waals surface area contributed by atoms with E-state index in [-0.39, 0.29) is 0 Å². The van der Waals surface area contributed by atoms with Crippen molar-refractivity contribution in [1.82, 2.24) is 20.5 Å². The summed E-state index contributed by atoms with van der Waals surface area (Å²) in [6.45, 7) is 15.7. The number of nitrogens with zero attached hydrogens (tertiary/aromatic N) is 3. The van der Waals surface area contributed by atoms with Crippen molar-refractivity contribution in [3.05, 3.63) is 17.3 Å². The Balaban J connectivity index is 2.48. The van der Waals surface area contributed by atoms with E-state index < -0.39 is 0 Å². The topological polar surface area (TPSA) is 65.7 Å². The van der Waals surface area contributed by atoms with Gasteiger partial charge in [-0.2, -0.15) is 0 Å². The van der Waals surface area contributed by atoms with Crippen LogP contribution < -0.4 is 10.6 Å². The lowest BCUT2D eigenvalue weighted by molar-refractivity contribution is 0.293. The first-order chi connectivity index (χ1) is 10.6. The SMILES string of the molecule is CCCN(CC)CCNC(=NCc1nc(C)c(C)o1)NCC. The highest BCUT2D eigenvalue weighted by Gasteiger charge is 2.06. The third-order valence-corrected chi connectivity index (χ3v) is 3.50. The van der Waals surface area contributed by atoms with Crippen LogP contribution in [0.2, 0.25) is 0 Å². The Kier molecular flexibility index (Phi) is 8.58. The molecule has 0 bridgehead atoms. The van der Waals surface area contributed by atoms with E-state index in [2.05, 4.69) is 46.3 Å². The van der Waals surface area contributed by atoms with Crippen molar-refractivity contribution < 1.29 is 4.42 Å². The van der Waals surface area contributed by atoms with E-state index >= 15 is 0 Å². The molecule has 0 unspecified atom stereocenters. The Bertz CT molecular complexity index is 436. The average Bonchev–Trinajstić information content (AvgIpc) is 2.82. The normalized spacial score (nSPS) is 12.0. The molecule has 0 radical (unpaired) electrons. The van der Waals surface area contributed by atoms with Gasteiger partial charge < -0.3 is 20.0 Å². The van der Waals surface area contributed by atoms with E-state index in [0.29, 0.717) is 12.4 Å². The van der Waals surface area contributed by atoms with Crippen LogP contribution in [0.25, 0.3) is 0 Å². The predicted molar refractivity (Wildman–Crippen MR) is 91.2 cm³/mol. The number of hydrogen-bond donors (Lipinski definition) is 2. The summed E-state index contributed by atoms with van der Waals surface area (Å²) < 4.78 is 5.55. The van der Waals surface area contributed by atoms with E-state index in [0.717, 1.165) is 50.1 Å². The second-order valence-corrected chi connectivity index (χ2v) is 5.31. The van der Waals surface area contributed by atoms with Crippen LogP contribution in [0.4, 0.5) is 0 Å². The van der Waals surface area contributed by atoms with E-state index in [1.165, 1.54) is 6.42 Å². The van der Waals surface area contributed by atoms with Crippen LogP contribution >= 0.6 is 0 Å². The summed E-state index contributed by atoms with van der Waals surface area (Å²) in [5, 5.41) is 6.61. The third kappa shape index (κ3) is 6.47. The van der Waals surface area contributed by atoms with E-state index in [1.54, 1.807) is 0 Å². The van der Waals surface area contributed by atoms with Gasteiger partial charge in [-0.15, -0.1) is 0 Å². The number of rotatable bonds is 9. The highest BCUT2D eigenvalue weighted by atomic mass is 16.4. The zero-order chi connectivity index (χ0) is 16.4. The van der Waals surface area contributed by atoms with Gasteiger partial charge in [-0.3, -0.25) is 0 Å². The molecule has 0 amide bonds. The molecule has 0 atom stereocenters. The summed E-state index contributed by atoms with van der Waals surface area (Å²) in [5.41, 5.74) is 0.932. The van der Waals surface area contributed by atoms with Crippen LogP contribution in [0.1, 0.15) is 44.5 Å². The summed E-state index contributed by atoms with van der Waals surface area (Å²) in [4.78, 5) is 11.3. The van der Waals surface area contributed by atoms with Crippen LogP contribution in [0.5, 0.6) is 0 Å². The zero-order valence-corrected chi connectivity index (χ0v) is 14.7. The summed E-state index contributed by atoms with van der Waals surface area (Å²) in [6, 6.07) is 0. The smallest absolute Gasteiger partial charge is 0.216 e. The lowest BCUT2D eigenvalue weighted by Crippen LogP contribution is -2.41. The molecule has 1 rings (SSSR count). The molecular formula is C16H31N5O. The molecule has 0 spiro atoms. The quantitative estimate of drug-likeness (QED) is 0.540. The molecule has 0 aliphatic rings. The fourth-order valence-electron chi connectivity index (χ4n) is 2.17. The monoisotopic (exact) mass is 309 g/mol. The molecule has 0 aromatic carbocycles. The third-order valence-electron chi connectivity index (χ3n) is 3.50. The van der Waals surface area contributed by atoms with Gasteiger partial charge in [-0.1, -0.05) is 13.8 Å². The number of aliphatic imine (C=N–C) groups is 1. The molecule has 0 aliphatic carbocycles. The van der Waals surface area contributed by atoms with Crippen molar-refractivity contribution in [3.8, 4) is 0 Å². The van der Waals surface area contributed by atoms with Gasteiger partial charge in [-0.05, 0) is 40.3 Å². The molecule has 0 saturated carbocycles. The van der Waals surface area contributed by atoms with E-state index in [4.69, 9.17) is 4.42 Å². The Hall–Kier alpha value is -1.56. The van der Waals surface area contributed by atoms with Crippen molar-refractivity contribution in [2.45, 2.75) is 47.6 Å². The number of oxazole rings is 1. The number of aromatic nitrogens is 1. The van der Waals surface area contributed by atoms with Crippen LogP contribution in [0, 0.1) is 13.8 Å². The second-order valence-electron chi connectivity index (χ2n) is 5.31. The minimum atomic E-state index is 0.455. The van der Waals surface area contributed by atoms with Crippen molar-refractivity contribution >= 4 is 5.96 Å². The average molecular weight is 309 g/mol. The van der Waals surface area contributed by atoms with Gasteiger partial charge in [0.15, 0.2) is 5.96 Å². The molecule has 0 aliphatic heterocycles. The molecule has 0 fully saturated rings. The standard InChI is InChI=1S/C16H31N5O/c1-6-10-21(8-3)11-9-18-16(17-7-2)19-12-15-20-13(4)14(5)22-15/h6-12H2,1-5H3,(H2,17,18,19). The summed E-state index contributed by atoms with van der Waals surface area (Å²) in [5.74, 6) is 2.33. The molecule has 1 heterocycles. The Labute approximate surface area is 134 Å². The summed E-state index contributed by atoms with van der Waals surface area (Å²) in [7, 11) is 0. The van der Waals surface area contributed by atoms with Gasteiger partial charge in [0.1, 0.15) is 12.3 Å². The Morgan fingerprint density at radius 2 is 1.95 bits per heavy atom. The Morgan fingerprint density at radius 3 is 2.50 bits per heavy atom. The molecule has 2 N–H and O–H groups in total. The van der Waals surface area contributed by atoms with Gasteiger partial charge in [0, 0.05) is 19.6 Å². The van der Waals surface area contributed by atoms with Crippen LogP contribution in [-0.2, 0) is 6.54 Å². The molecule has 1 aromatic rings. The van der Waals surface area contributed by atoms with Gasteiger partial charge >= 0.3 is 0 Å². The number of aryl methyl sites for hydroxylation is 2. The maximum absolute atomic E-state index is 5.55. The minimum absolute atomic E-state index is 0.455. The maximum atomic E-state index is 5.55. The lowest BCUT2D eigenvalue weighted by Gasteiger charge is -2.20. The molecule has 0 saturated heterocycles. The first-order valence-corrected chi connectivity index (χ1v) is 8.28. The van der Waals surface area contributed by atoms with Crippen LogP contribution in [-0.4, -0.2) is 48.6 Å². The van der Waals surface area contributed by atoms with Crippen LogP contribution in [0.15, 0.2) is 9.41 Å². The first-order valence-electron chi connectivity index (χ1n) is 8.28. The highest BCUT2D eigenvalue weighted by molar-refractivity contribution is 5.79. The molecular weight excluding hydrogens is 278 g/mol. The fourth-order valence-corrected chi connectivity index (χ4v) is 2.17. The lowest BCUT2D eigenvalue weighted by atomic mass is 10.4. The number of nitrogens with one attached hydrogen (secondary N) is 2. The van der Waals surface area contributed by atoms with Gasteiger partial charge in [0.05, 0.1) is 5.69 Å². The van der Waals surface area contributed by atoms with Gasteiger partial charge in [-0.25, -0.2) is 9.98 Å². The molecule has 6 nitrogen and oxygen atoms in total. The second kappa shape index (κ2) is 10.2. The number of likely N-dealkylation sites (N-methyl/N-ethyl adjacent to an activating group) is 1. The van der Waals surface area contributed by atoms with Crippen molar-refractivity contribution in [2.75, 3.05) is 32.7 Å². The minimum Gasteiger partial charge on any atom is -0.444 e. The van der Waals surface area contributed by atoms with Gasteiger partial charge in [0.25, 0.3) is 0 Å². The summed E-state index contributed by atoms with van der Waals surface area (Å²) in [6.07, 6.45) is 1.19. The van der Waals surface area contributed by atoms with Gasteiger partial charge in [0.2, 0.25) is 5.89 Å². The van der Waals surface area contributed by atoms with Crippen molar-refractivity contribution in [3.63, 3.8) is 0 Å². The van der Waals surface area contributed by atoms with E-state index in [9.17, 15) is 0 Å². The summed E-state index contributed by atoms with van der Waals surface area (Å²) >= 11 is 0. The molecule has 6 heteroatoms. The predicted octanol–water partition coefficient (Wildman–Crippen LogP) is 2.08.